The second-order valence-electron chi connectivity index (χ2n) is 5.55. The minimum absolute atomic E-state index is 0.187. The molecule has 1 saturated heterocycles. The first kappa shape index (κ1) is 18.7. The van der Waals surface area contributed by atoms with Crippen molar-refractivity contribution >= 4 is 27.3 Å². The van der Waals surface area contributed by atoms with Crippen molar-refractivity contribution in [1.29, 1.82) is 0 Å². The standard InChI is InChI=1S/C16H25N3O4S/c1-4-19(5-2)24(21,22)14-6-7-16(15(12-14)17-13(3)20)18-8-10-23-11-9-18/h6-7,12H,4-5,8-11H2,1-3H3,(H,17,20). The molecule has 0 saturated carbocycles. The molecule has 1 heterocycles. The number of nitrogens with zero attached hydrogens (tertiary/aromatic N) is 2. The maximum Gasteiger partial charge on any atom is 0.243 e. The van der Waals surface area contributed by atoms with Gasteiger partial charge in [0.05, 0.1) is 29.5 Å². The van der Waals surface area contributed by atoms with Gasteiger partial charge in [-0.05, 0) is 18.2 Å². The first-order valence-electron chi connectivity index (χ1n) is 8.14. The largest absolute Gasteiger partial charge is 0.378 e. The number of nitrogens with one attached hydrogen (secondary N) is 1. The van der Waals surface area contributed by atoms with E-state index < -0.39 is 10.0 Å². The maximum absolute atomic E-state index is 12.7. The molecule has 1 aliphatic heterocycles. The van der Waals surface area contributed by atoms with Gasteiger partial charge in [-0.1, -0.05) is 13.8 Å². The minimum atomic E-state index is -3.57. The van der Waals surface area contributed by atoms with Gasteiger partial charge < -0.3 is 15.0 Å². The van der Waals surface area contributed by atoms with Crippen LogP contribution in [0.5, 0.6) is 0 Å². The van der Waals surface area contributed by atoms with Crippen molar-refractivity contribution in [1.82, 2.24) is 4.31 Å². The molecule has 7 nitrogen and oxygen atoms in total. The van der Waals surface area contributed by atoms with Crippen LogP contribution >= 0.6 is 0 Å². The Morgan fingerprint density at radius 1 is 1.25 bits per heavy atom. The zero-order valence-electron chi connectivity index (χ0n) is 14.4. The van der Waals surface area contributed by atoms with Crippen molar-refractivity contribution in [3.63, 3.8) is 0 Å². The van der Waals surface area contributed by atoms with Crippen LogP contribution in [0.1, 0.15) is 20.8 Å². The molecule has 0 bridgehead atoms. The number of anilines is 2. The molecule has 0 spiro atoms. The average Bonchev–Trinajstić information content (AvgIpc) is 2.56. The van der Waals surface area contributed by atoms with Crippen LogP contribution in [0.3, 0.4) is 0 Å². The molecule has 1 N–H and O–H groups in total. The van der Waals surface area contributed by atoms with Gasteiger partial charge in [0.15, 0.2) is 0 Å². The molecule has 0 aromatic heterocycles. The first-order valence-corrected chi connectivity index (χ1v) is 9.58. The van der Waals surface area contributed by atoms with E-state index in [9.17, 15) is 13.2 Å². The highest BCUT2D eigenvalue weighted by Crippen LogP contribution is 2.30. The van der Waals surface area contributed by atoms with Crippen molar-refractivity contribution in [2.45, 2.75) is 25.7 Å². The lowest BCUT2D eigenvalue weighted by molar-refractivity contribution is -0.114. The highest BCUT2D eigenvalue weighted by atomic mass is 32.2. The van der Waals surface area contributed by atoms with Gasteiger partial charge in [-0.15, -0.1) is 0 Å². The van der Waals surface area contributed by atoms with E-state index in [1.807, 2.05) is 0 Å². The highest BCUT2D eigenvalue weighted by molar-refractivity contribution is 7.89. The zero-order valence-corrected chi connectivity index (χ0v) is 15.2. The molecule has 0 atom stereocenters. The summed E-state index contributed by atoms with van der Waals surface area (Å²) in [6.07, 6.45) is 0. The second-order valence-corrected chi connectivity index (χ2v) is 7.49. The summed E-state index contributed by atoms with van der Waals surface area (Å²) < 4.78 is 32.1. The monoisotopic (exact) mass is 355 g/mol. The van der Waals surface area contributed by atoms with Crippen molar-refractivity contribution in [3.8, 4) is 0 Å². The predicted molar refractivity (Wildman–Crippen MR) is 93.9 cm³/mol. The molecule has 0 aliphatic carbocycles. The van der Waals surface area contributed by atoms with Crippen molar-refractivity contribution in [3.05, 3.63) is 18.2 Å². The molecule has 134 valence electrons. The van der Waals surface area contributed by atoms with Crippen LogP contribution < -0.4 is 10.2 Å². The normalized spacial score (nSPS) is 15.6. The third-order valence-electron chi connectivity index (χ3n) is 3.97. The molecule has 2 rings (SSSR count). The Hall–Kier alpha value is -1.64. The molecular weight excluding hydrogens is 330 g/mol. The molecular formula is C16H25N3O4S. The fourth-order valence-corrected chi connectivity index (χ4v) is 4.24. The summed E-state index contributed by atoms with van der Waals surface area (Å²) in [6, 6.07) is 4.90. The van der Waals surface area contributed by atoms with Crippen molar-refractivity contribution < 1.29 is 17.9 Å². The van der Waals surface area contributed by atoms with E-state index in [-0.39, 0.29) is 10.8 Å². The predicted octanol–water partition coefficient (Wildman–Crippen LogP) is 1.51. The van der Waals surface area contributed by atoms with Gasteiger partial charge in [0.1, 0.15) is 0 Å². The van der Waals surface area contributed by atoms with Gasteiger partial charge in [0.25, 0.3) is 0 Å². The summed E-state index contributed by atoms with van der Waals surface area (Å²) in [5.41, 5.74) is 1.32. The number of hydrogen-bond donors (Lipinski definition) is 1. The fraction of sp³-hybridized carbons (Fsp3) is 0.562. The Kier molecular flexibility index (Phi) is 6.20. The highest BCUT2D eigenvalue weighted by Gasteiger charge is 2.24. The van der Waals surface area contributed by atoms with Gasteiger partial charge in [-0.2, -0.15) is 4.31 Å². The second kappa shape index (κ2) is 7.96. The SMILES string of the molecule is CCN(CC)S(=O)(=O)c1ccc(N2CCOCC2)c(NC(C)=O)c1. The minimum Gasteiger partial charge on any atom is -0.378 e. The summed E-state index contributed by atoms with van der Waals surface area (Å²) in [5.74, 6) is -0.234. The molecule has 8 heteroatoms. The lowest BCUT2D eigenvalue weighted by Crippen LogP contribution is -2.37. The zero-order chi connectivity index (χ0) is 17.7. The van der Waals surface area contributed by atoms with E-state index in [1.54, 1.807) is 32.0 Å². The molecule has 1 aromatic carbocycles. The number of hydrogen-bond acceptors (Lipinski definition) is 5. The lowest BCUT2D eigenvalue weighted by Gasteiger charge is -2.31. The van der Waals surface area contributed by atoms with E-state index in [2.05, 4.69) is 10.2 Å². The first-order chi connectivity index (χ1) is 11.4. The Labute approximate surface area is 143 Å². The topological polar surface area (TPSA) is 79.0 Å². The number of carbonyl (C=O) groups is 1. The van der Waals surface area contributed by atoms with Gasteiger partial charge in [-0.3, -0.25) is 4.79 Å². The Morgan fingerprint density at radius 3 is 2.42 bits per heavy atom. The lowest BCUT2D eigenvalue weighted by atomic mass is 10.2. The van der Waals surface area contributed by atoms with Crippen molar-refractivity contribution in [2.24, 2.45) is 0 Å². The van der Waals surface area contributed by atoms with Gasteiger partial charge in [-0.25, -0.2) is 8.42 Å². The van der Waals surface area contributed by atoms with Crippen LogP contribution in [-0.4, -0.2) is 58.0 Å². The van der Waals surface area contributed by atoms with Crippen LogP contribution in [0.15, 0.2) is 23.1 Å². The fourth-order valence-electron chi connectivity index (χ4n) is 2.76. The Balaban J connectivity index is 2.44. The molecule has 1 amide bonds. The Morgan fingerprint density at radius 2 is 1.88 bits per heavy atom. The molecule has 0 unspecified atom stereocenters. The summed E-state index contributed by atoms with van der Waals surface area (Å²) in [4.78, 5) is 13.8. The van der Waals surface area contributed by atoms with Crippen LogP contribution in [0.2, 0.25) is 0 Å². The number of morpholine rings is 1. The third kappa shape index (κ3) is 4.06. The summed E-state index contributed by atoms with van der Waals surface area (Å²) in [5, 5.41) is 2.75. The van der Waals surface area contributed by atoms with E-state index in [0.717, 1.165) is 5.69 Å². The van der Waals surface area contributed by atoms with Crippen LogP contribution in [-0.2, 0) is 19.6 Å². The molecule has 24 heavy (non-hydrogen) atoms. The number of ether oxygens (including phenoxy) is 1. The number of rotatable bonds is 6. The van der Waals surface area contributed by atoms with E-state index >= 15 is 0 Å². The van der Waals surface area contributed by atoms with E-state index in [0.29, 0.717) is 45.1 Å². The molecule has 1 aliphatic rings. The van der Waals surface area contributed by atoms with Crippen LogP contribution in [0, 0.1) is 0 Å². The third-order valence-corrected chi connectivity index (χ3v) is 6.02. The number of sulfonamides is 1. The van der Waals surface area contributed by atoms with Crippen molar-refractivity contribution in [2.75, 3.05) is 49.6 Å². The average molecular weight is 355 g/mol. The van der Waals surface area contributed by atoms with Gasteiger partial charge >= 0.3 is 0 Å². The molecule has 0 radical (unpaired) electrons. The van der Waals surface area contributed by atoms with E-state index in [1.165, 1.54) is 11.2 Å². The summed E-state index contributed by atoms with van der Waals surface area (Å²) in [7, 11) is -3.57. The number of carbonyl (C=O) groups excluding carboxylic acids is 1. The van der Waals surface area contributed by atoms with Gasteiger partial charge in [0.2, 0.25) is 15.9 Å². The number of amides is 1. The van der Waals surface area contributed by atoms with Crippen LogP contribution in [0.4, 0.5) is 11.4 Å². The maximum atomic E-state index is 12.7. The van der Waals surface area contributed by atoms with E-state index in [4.69, 9.17) is 4.74 Å². The van der Waals surface area contributed by atoms with Gasteiger partial charge in [0, 0.05) is 33.1 Å². The Bertz CT molecular complexity index is 681. The van der Waals surface area contributed by atoms with Crippen LogP contribution in [0.25, 0.3) is 0 Å². The quantitative estimate of drug-likeness (QED) is 0.837. The number of benzene rings is 1. The molecule has 1 fully saturated rings. The smallest absolute Gasteiger partial charge is 0.243 e. The summed E-state index contributed by atoms with van der Waals surface area (Å²) >= 11 is 0. The molecule has 1 aromatic rings. The summed E-state index contributed by atoms with van der Waals surface area (Å²) in [6.45, 7) is 8.45.